The van der Waals surface area contributed by atoms with E-state index in [0.717, 1.165) is 60.4 Å². The summed E-state index contributed by atoms with van der Waals surface area (Å²) in [5.74, 6) is -0.479. The molecule has 0 spiro atoms. The molecule has 5 heterocycles. The number of nitrogens with one attached hydrogen (secondary N) is 10. The number of fused-ring (bicyclic) bond motifs is 3. The molecule has 23 nitrogen and oxygen atoms in total. The van der Waals surface area contributed by atoms with Gasteiger partial charge in [0.1, 0.15) is 5.83 Å². The Hall–Kier alpha value is -7.36. The number of sulfonamides is 1. The number of hydrogen-bond acceptors (Lipinski definition) is 12. The third kappa shape index (κ3) is 18.1. The van der Waals surface area contributed by atoms with Crippen molar-refractivity contribution in [2.45, 2.75) is 143 Å². The molecule has 8 rings (SSSR count). The van der Waals surface area contributed by atoms with Crippen LogP contribution < -0.4 is 53.2 Å². The lowest BCUT2D eigenvalue weighted by molar-refractivity contribution is -0.122. The molecule has 6 unspecified atom stereocenters. The van der Waals surface area contributed by atoms with Crippen molar-refractivity contribution in [3.63, 3.8) is 0 Å². The van der Waals surface area contributed by atoms with Crippen molar-refractivity contribution in [2.24, 2.45) is 0 Å². The maximum Gasteiger partial charge on any atom is 0.404 e. The van der Waals surface area contributed by atoms with Crippen LogP contribution in [0.1, 0.15) is 127 Å². The first kappa shape index (κ1) is 66.6. The number of allylic oxidation sites excluding steroid dienone is 1. The largest absolute Gasteiger partial charge is 0.465 e. The summed E-state index contributed by atoms with van der Waals surface area (Å²) in [5.41, 5.74) is 2.51. The van der Waals surface area contributed by atoms with Gasteiger partial charge in [0.05, 0.1) is 35.6 Å². The van der Waals surface area contributed by atoms with Gasteiger partial charge in [-0.25, -0.2) is 31.5 Å². The Labute approximate surface area is 520 Å². The van der Waals surface area contributed by atoms with E-state index in [-0.39, 0.29) is 88.4 Å². The van der Waals surface area contributed by atoms with Gasteiger partial charge in [0.15, 0.2) is 0 Å². The predicted molar refractivity (Wildman–Crippen MR) is 339 cm³/mol. The zero-order valence-corrected chi connectivity index (χ0v) is 52.3. The fourth-order valence-electron chi connectivity index (χ4n) is 11.5. The molecule has 1 aromatic heterocycles. The van der Waals surface area contributed by atoms with Crippen LogP contribution >= 0.6 is 23.5 Å². The molecule has 4 fully saturated rings. The van der Waals surface area contributed by atoms with Gasteiger partial charge in [-0.05, 0) is 131 Å². The molecule has 4 saturated heterocycles. The van der Waals surface area contributed by atoms with Gasteiger partial charge in [-0.15, -0.1) is 0 Å². The lowest BCUT2D eigenvalue weighted by Gasteiger charge is -2.16. The lowest BCUT2D eigenvalue weighted by Crippen LogP contribution is -2.36. The van der Waals surface area contributed by atoms with Gasteiger partial charge < -0.3 is 62.8 Å². The van der Waals surface area contributed by atoms with Crippen molar-refractivity contribution < 1.29 is 56.3 Å². The van der Waals surface area contributed by atoms with Gasteiger partial charge in [0, 0.05) is 126 Å². The first-order chi connectivity index (χ1) is 42.2. The number of carbonyl (C=O) groups is 8. The highest BCUT2D eigenvalue weighted by Crippen LogP contribution is 2.38. The monoisotopic (exact) mass is 1270 g/mol. The highest BCUT2D eigenvalue weighted by Gasteiger charge is 2.43. The molecule has 0 radical (unpaired) electrons. The quantitative estimate of drug-likeness (QED) is 0.0174. The second-order valence-corrected chi connectivity index (χ2v) is 27.4. The number of carbonyl (C=O) groups excluding carboxylic acids is 7. The van der Waals surface area contributed by atoms with Gasteiger partial charge in [0.2, 0.25) is 21.8 Å². The summed E-state index contributed by atoms with van der Waals surface area (Å²) in [6.45, 7) is 2.72. The second-order valence-electron chi connectivity index (χ2n) is 22.8. The number of hydrogen-bond donors (Lipinski definition) is 11. The van der Waals surface area contributed by atoms with E-state index in [9.17, 15) is 46.8 Å². The molecule has 0 saturated carbocycles. The summed E-state index contributed by atoms with van der Waals surface area (Å²) in [6, 6.07) is 15.8. The normalized spacial score (nSPS) is 19.5. The smallest absolute Gasteiger partial charge is 0.404 e. The number of amides is 10. The predicted octanol–water partition coefficient (Wildman–Crippen LogP) is 6.72. The Morgan fingerprint density at radius 1 is 0.659 bits per heavy atom. The van der Waals surface area contributed by atoms with E-state index in [0.29, 0.717) is 116 Å². The summed E-state index contributed by atoms with van der Waals surface area (Å²) in [7, 11) is -1.05. The van der Waals surface area contributed by atoms with E-state index in [2.05, 4.69) is 53.2 Å². The number of aromatic nitrogens is 1. The van der Waals surface area contributed by atoms with Crippen molar-refractivity contribution in [1.82, 2.24) is 56.7 Å². The van der Waals surface area contributed by atoms with Crippen molar-refractivity contribution >= 4 is 97.8 Å². The van der Waals surface area contributed by atoms with Crippen LogP contribution in [0.5, 0.6) is 0 Å². The zero-order valence-electron chi connectivity index (χ0n) is 49.9. The molecule has 88 heavy (non-hydrogen) atoms. The second kappa shape index (κ2) is 31.7. The van der Waals surface area contributed by atoms with Crippen molar-refractivity contribution in [2.75, 3.05) is 63.6 Å². The first-order valence-corrected chi connectivity index (χ1v) is 33.7. The Morgan fingerprint density at radius 3 is 1.74 bits per heavy atom. The Balaban J connectivity index is 0.879. The van der Waals surface area contributed by atoms with Crippen molar-refractivity contribution in [3.8, 4) is 11.1 Å². The van der Waals surface area contributed by atoms with E-state index in [1.165, 1.54) is 50.5 Å². The first-order valence-electron chi connectivity index (χ1n) is 30.2. The molecule has 476 valence electrons. The van der Waals surface area contributed by atoms with Gasteiger partial charge in [0.25, 0.3) is 17.7 Å². The number of halogens is 1. The van der Waals surface area contributed by atoms with Gasteiger partial charge in [-0.1, -0.05) is 25.0 Å². The topological polar surface area (TPSA) is 319 Å². The van der Waals surface area contributed by atoms with E-state index < -0.39 is 39.7 Å². The summed E-state index contributed by atoms with van der Waals surface area (Å²) < 4.78 is 44.8. The van der Waals surface area contributed by atoms with Gasteiger partial charge in [-0.2, -0.15) is 23.5 Å². The molecular weight excluding hydrogens is 1190 g/mol. The number of anilines is 1. The Bertz CT molecular complexity index is 3260. The SMILES string of the molecule is Cc1c(-c2cccc(S(=O)(=O)N(C)C)c2)c2cc(C(=O)Nc3cc(C(=O)NCCCCCNC(=O)CCCCC4SCC5NC(=O)NC54)cc(C(=O)NCCCCCNC(=O)CCCCC4SCC5NC(=O)NC54)c3)ccc2n1CC(F)=CCNC(=O)O. The number of nitrogens with zero attached hydrogens (tertiary/aromatic N) is 2. The van der Waals surface area contributed by atoms with Crippen molar-refractivity contribution in [1.29, 1.82) is 0 Å². The van der Waals surface area contributed by atoms with E-state index in [1.807, 2.05) is 23.5 Å². The summed E-state index contributed by atoms with van der Waals surface area (Å²) in [6.07, 6.45) is 9.82. The Kier molecular flexibility index (Phi) is 24.0. The third-order valence-electron chi connectivity index (χ3n) is 16.2. The lowest BCUT2D eigenvalue weighted by atomic mass is 10.0. The standard InChI is InChI=1S/C61H81FN12O11S3/c1-37-53(38-15-14-16-44(32-38)88(84,85)73(2)3)45-33-39(21-22-48(45)74(37)34-42(62)23-28-67-61(82)83)58(79)68-43-30-40(56(77)65-26-12-4-10-24-63-51(75)19-8-6-17-49-54-46(35-86-49)69-59(80)71-54)29-41(31-43)57(78)66-27-13-5-11-25-64-52(76)20-9-7-18-50-55-47(36-87-50)70-60(81)72-55/h14-16,21-23,29-33,46-47,49-50,54-55,67H,4-13,17-20,24-28,34-36H2,1-3H3,(H,63,75)(H,64,76)(H,65,77)(H,66,78)(H,68,79)(H,82,83)(H2,69,71,80)(H2,70,72,81). The van der Waals surface area contributed by atoms with Crippen LogP contribution in [0, 0.1) is 6.92 Å². The number of unbranched alkanes of at least 4 members (excludes halogenated alkanes) is 6. The minimum atomic E-state index is -3.88. The third-order valence-corrected chi connectivity index (χ3v) is 21.0. The number of carboxylic acid groups (broad SMARTS) is 1. The molecule has 3 aromatic carbocycles. The van der Waals surface area contributed by atoms with Gasteiger partial charge in [-0.3, -0.25) is 24.0 Å². The van der Waals surface area contributed by atoms with Crippen LogP contribution in [-0.4, -0.2) is 163 Å². The minimum absolute atomic E-state index is 0.00696. The molecule has 10 amide bonds. The number of rotatable bonds is 33. The molecule has 27 heteroatoms. The molecular formula is C61H81FN12O11S3. The van der Waals surface area contributed by atoms with Gasteiger partial charge >= 0.3 is 18.2 Å². The highest BCUT2D eigenvalue weighted by atomic mass is 32.2. The van der Waals surface area contributed by atoms with Crippen LogP contribution in [0.3, 0.4) is 0 Å². The molecule has 0 aliphatic carbocycles. The van der Waals surface area contributed by atoms with E-state index >= 15 is 4.39 Å². The molecule has 4 aromatic rings. The van der Waals surface area contributed by atoms with Crippen LogP contribution in [0.4, 0.5) is 24.5 Å². The molecule has 4 aliphatic rings. The van der Waals surface area contributed by atoms with E-state index in [1.54, 1.807) is 35.8 Å². The van der Waals surface area contributed by atoms with Crippen LogP contribution in [-0.2, 0) is 26.2 Å². The van der Waals surface area contributed by atoms with E-state index in [4.69, 9.17) is 5.11 Å². The fourth-order valence-corrected chi connectivity index (χ4v) is 15.5. The maximum atomic E-state index is 15.5. The molecule has 0 bridgehead atoms. The minimum Gasteiger partial charge on any atom is -0.465 e. The average Bonchev–Trinajstić information content (AvgIpc) is 1.84. The molecule has 6 atom stereocenters. The van der Waals surface area contributed by atoms with Crippen LogP contribution in [0.25, 0.3) is 22.0 Å². The maximum absolute atomic E-state index is 15.5. The average molecular weight is 1270 g/mol. The van der Waals surface area contributed by atoms with Crippen LogP contribution in [0.15, 0.2) is 77.5 Å². The highest BCUT2D eigenvalue weighted by molar-refractivity contribution is 8.00. The summed E-state index contributed by atoms with van der Waals surface area (Å²) >= 11 is 3.71. The Morgan fingerprint density at radius 2 is 1.20 bits per heavy atom. The molecule has 11 N–H and O–H groups in total. The summed E-state index contributed by atoms with van der Waals surface area (Å²) in [5, 5.41) is 38.9. The number of urea groups is 2. The summed E-state index contributed by atoms with van der Waals surface area (Å²) in [4.78, 5) is 102. The van der Waals surface area contributed by atoms with Crippen molar-refractivity contribution in [3.05, 3.63) is 95.0 Å². The fraction of sp³-hybridized carbons (Fsp3) is 0.508. The van der Waals surface area contributed by atoms with Crippen LogP contribution in [0.2, 0.25) is 0 Å². The number of thioether (sulfide) groups is 2. The molecule has 4 aliphatic heterocycles. The zero-order chi connectivity index (χ0) is 62.9. The number of benzene rings is 3.